The van der Waals surface area contributed by atoms with Gasteiger partial charge < -0.3 is 0 Å². The van der Waals surface area contributed by atoms with Crippen LogP contribution in [0, 0.1) is 6.92 Å². The van der Waals surface area contributed by atoms with Crippen molar-refractivity contribution in [2.45, 2.75) is 51.7 Å². The maximum Gasteiger partial charge on any atom is 0.408 e. The van der Waals surface area contributed by atoms with Crippen LogP contribution >= 0.6 is 0 Å². The Morgan fingerprint density at radius 2 is 2.12 bits per heavy atom. The van der Waals surface area contributed by atoms with Gasteiger partial charge in [-0.15, -0.1) is 0 Å². The maximum atomic E-state index is 12.4. The Bertz CT molecular complexity index is 393. The zero-order valence-corrected chi connectivity index (χ0v) is 9.43. The molecule has 0 fully saturated rings. The van der Waals surface area contributed by atoms with E-state index in [0.29, 0.717) is 5.92 Å². The fourth-order valence-corrected chi connectivity index (χ4v) is 2.57. The van der Waals surface area contributed by atoms with E-state index in [4.69, 9.17) is 0 Å². The minimum atomic E-state index is -4.19. The first kappa shape index (κ1) is 11.5. The molecule has 0 radical (unpaired) electrons. The highest BCUT2D eigenvalue weighted by Crippen LogP contribution is 2.34. The molecule has 1 aliphatic carbocycles. The van der Waals surface area contributed by atoms with E-state index in [-0.39, 0.29) is 0 Å². The van der Waals surface area contributed by atoms with Crippen LogP contribution in [0.4, 0.5) is 13.2 Å². The Morgan fingerprint density at radius 1 is 1.44 bits per heavy atom. The average Bonchev–Trinajstić information content (AvgIpc) is 2.42. The number of hydrogen-bond donors (Lipinski definition) is 0. The van der Waals surface area contributed by atoms with Crippen LogP contribution in [-0.4, -0.2) is 16.0 Å². The molecule has 1 aromatic rings. The van der Waals surface area contributed by atoms with E-state index < -0.39 is 12.7 Å². The van der Waals surface area contributed by atoms with Crippen molar-refractivity contribution in [3.63, 3.8) is 0 Å². The highest BCUT2D eigenvalue weighted by molar-refractivity contribution is 5.31. The van der Waals surface area contributed by atoms with Crippen LogP contribution in [0.2, 0.25) is 0 Å². The fourth-order valence-electron chi connectivity index (χ4n) is 2.57. The molecule has 0 bridgehead atoms. The van der Waals surface area contributed by atoms with Gasteiger partial charge >= 0.3 is 6.18 Å². The number of nitrogens with zero attached hydrogens (tertiary/aromatic N) is 2. The van der Waals surface area contributed by atoms with Crippen LogP contribution in [-0.2, 0) is 13.0 Å². The predicted octanol–water partition coefficient (Wildman–Crippen LogP) is 3.19. The summed E-state index contributed by atoms with van der Waals surface area (Å²) in [5.41, 5.74) is 2.58. The number of hydrogen-bond acceptors (Lipinski definition) is 1. The van der Waals surface area contributed by atoms with Gasteiger partial charge in [0.05, 0.1) is 5.69 Å². The lowest BCUT2D eigenvalue weighted by Gasteiger charge is -2.20. The van der Waals surface area contributed by atoms with Crippen molar-refractivity contribution in [3.8, 4) is 0 Å². The van der Waals surface area contributed by atoms with E-state index in [0.717, 1.165) is 40.9 Å². The third-order valence-corrected chi connectivity index (χ3v) is 3.16. The Morgan fingerprint density at radius 3 is 2.75 bits per heavy atom. The van der Waals surface area contributed by atoms with Crippen molar-refractivity contribution in [1.82, 2.24) is 9.78 Å². The third-order valence-electron chi connectivity index (χ3n) is 3.16. The molecule has 0 spiro atoms. The molecule has 16 heavy (non-hydrogen) atoms. The molecule has 1 heterocycles. The molecule has 0 amide bonds. The van der Waals surface area contributed by atoms with E-state index >= 15 is 0 Å². The summed E-state index contributed by atoms with van der Waals surface area (Å²) in [7, 11) is 0. The standard InChI is InChI=1S/C11H15F3N2/c1-7-4-3-5-9-10(7)8(2)15-16(9)6-11(12,13)14/h7H,3-6H2,1-2H3. The molecule has 2 nitrogen and oxygen atoms in total. The topological polar surface area (TPSA) is 17.8 Å². The number of alkyl halides is 3. The molecule has 0 aromatic carbocycles. The smallest absolute Gasteiger partial charge is 0.260 e. The summed E-state index contributed by atoms with van der Waals surface area (Å²) in [6, 6.07) is 0. The lowest BCUT2D eigenvalue weighted by atomic mass is 9.87. The summed E-state index contributed by atoms with van der Waals surface area (Å²) in [6.45, 7) is 2.90. The van der Waals surface area contributed by atoms with Gasteiger partial charge in [-0.05, 0) is 37.7 Å². The second kappa shape index (κ2) is 3.79. The van der Waals surface area contributed by atoms with Crippen molar-refractivity contribution < 1.29 is 13.2 Å². The van der Waals surface area contributed by atoms with Gasteiger partial charge in [0.2, 0.25) is 0 Å². The molecule has 90 valence electrons. The molecule has 5 heteroatoms. The Hall–Kier alpha value is -1.00. The highest BCUT2D eigenvalue weighted by atomic mass is 19.4. The van der Waals surface area contributed by atoms with Crippen molar-refractivity contribution in [2.75, 3.05) is 0 Å². The number of halogens is 3. The van der Waals surface area contributed by atoms with Crippen LogP contribution in [0.25, 0.3) is 0 Å². The molecule has 0 saturated carbocycles. The number of rotatable bonds is 1. The monoisotopic (exact) mass is 232 g/mol. The normalized spacial score (nSPS) is 20.9. The van der Waals surface area contributed by atoms with Gasteiger partial charge in [0.1, 0.15) is 6.54 Å². The van der Waals surface area contributed by atoms with Gasteiger partial charge in [0, 0.05) is 5.69 Å². The summed E-state index contributed by atoms with van der Waals surface area (Å²) in [5, 5.41) is 4.02. The first-order valence-electron chi connectivity index (χ1n) is 5.51. The number of fused-ring (bicyclic) bond motifs is 1. The van der Waals surface area contributed by atoms with E-state index in [2.05, 4.69) is 12.0 Å². The van der Waals surface area contributed by atoms with Crippen LogP contribution in [0.15, 0.2) is 0 Å². The Balaban J connectivity index is 2.38. The van der Waals surface area contributed by atoms with Gasteiger partial charge in [-0.25, -0.2) is 0 Å². The van der Waals surface area contributed by atoms with E-state index in [1.54, 1.807) is 6.92 Å². The summed E-state index contributed by atoms with van der Waals surface area (Å²) in [6.07, 6.45) is -1.47. The first-order chi connectivity index (χ1) is 7.38. The second-order valence-electron chi connectivity index (χ2n) is 4.51. The minimum absolute atomic E-state index is 0.339. The van der Waals surface area contributed by atoms with E-state index in [9.17, 15) is 13.2 Å². The Kier molecular flexibility index (Phi) is 2.72. The Labute approximate surface area is 92.4 Å². The SMILES string of the molecule is Cc1nn(CC(F)(F)F)c2c1C(C)CCC2. The zero-order valence-electron chi connectivity index (χ0n) is 9.43. The summed E-state index contributed by atoms with van der Waals surface area (Å²) >= 11 is 0. The van der Waals surface area contributed by atoms with Crippen LogP contribution in [0.1, 0.15) is 42.6 Å². The van der Waals surface area contributed by atoms with Gasteiger partial charge in [-0.1, -0.05) is 6.92 Å². The maximum absolute atomic E-state index is 12.4. The largest absolute Gasteiger partial charge is 0.408 e. The molecule has 0 aliphatic heterocycles. The van der Waals surface area contributed by atoms with E-state index in [1.165, 1.54) is 0 Å². The molecule has 1 aliphatic rings. The molecular formula is C11H15F3N2. The molecule has 1 atom stereocenters. The molecule has 0 saturated heterocycles. The lowest BCUT2D eigenvalue weighted by molar-refractivity contribution is -0.143. The molecular weight excluding hydrogens is 217 g/mol. The fraction of sp³-hybridized carbons (Fsp3) is 0.727. The average molecular weight is 232 g/mol. The molecule has 1 aromatic heterocycles. The van der Waals surface area contributed by atoms with Crippen molar-refractivity contribution in [1.29, 1.82) is 0 Å². The summed E-state index contributed by atoms with van der Waals surface area (Å²) in [4.78, 5) is 0. The van der Waals surface area contributed by atoms with Gasteiger partial charge in [-0.2, -0.15) is 18.3 Å². The molecule has 0 N–H and O–H groups in total. The van der Waals surface area contributed by atoms with Gasteiger partial charge in [0.15, 0.2) is 0 Å². The van der Waals surface area contributed by atoms with Crippen molar-refractivity contribution in [2.24, 2.45) is 0 Å². The lowest BCUT2D eigenvalue weighted by Crippen LogP contribution is -2.21. The molecule has 2 rings (SSSR count). The van der Waals surface area contributed by atoms with Crippen LogP contribution in [0.5, 0.6) is 0 Å². The van der Waals surface area contributed by atoms with Gasteiger partial charge in [0.25, 0.3) is 0 Å². The third kappa shape index (κ3) is 2.08. The van der Waals surface area contributed by atoms with Crippen LogP contribution < -0.4 is 0 Å². The zero-order chi connectivity index (χ0) is 11.9. The summed E-state index contributed by atoms with van der Waals surface area (Å²) in [5.74, 6) is 0.339. The second-order valence-corrected chi connectivity index (χ2v) is 4.51. The summed E-state index contributed by atoms with van der Waals surface area (Å²) < 4.78 is 38.2. The quantitative estimate of drug-likeness (QED) is 0.727. The predicted molar refractivity (Wildman–Crippen MR) is 54.4 cm³/mol. The van der Waals surface area contributed by atoms with E-state index in [1.807, 2.05) is 0 Å². The first-order valence-corrected chi connectivity index (χ1v) is 5.51. The molecule has 1 unspecified atom stereocenters. The number of aryl methyl sites for hydroxylation is 1. The van der Waals surface area contributed by atoms with Crippen LogP contribution in [0.3, 0.4) is 0 Å². The van der Waals surface area contributed by atoms with Crippen molar-refractivity contribution >= 4 is 0 Å². The van der Waals surface area contributed by atoms with Gasteiger partial charge in [-0.3, -0.25) is 4.68 Å². The minimum Gasteiger partial charge on any atom is -0.260 e. The number of aromatic nitrogens is 2. The van der Waals surface area contributed by atoms with Crippen molar-refractivity contribution in [3.05, 3.63) is 17.0 Å². The highest BCUT2D eigenvalue weighted by Gasteiger charge is 2.32.